The third kappa shape index (κ3) is 1.54. The first-order valence-corrected chi connectivity index (χ1v) is 2.82. The van der Waals surface area contributed by atoms with Crippen molar-refractivity contribution >= 4 is 6.21 Å². The molecule has 1 aliphatic rings. The highest BCUT2D eigenvalue weighted by Gasteiger charge is 2.16. The summed E-state index contributed by atoms with van der Waals surface area (Å²) in [6.45, 7) is 3.50. The van der Waals surface area contributed by atoms with Gasteiger partial charge in [-0.05, 0) is 13.8 Å². The second kappa shape index (κ2) is 1.84. The number of allylic oxidation sites excluding steroid dienone is 1. The summed E-state index contributed by atoms with van der Waals surface area (Å²) in [6, 6.07) is 0. The Kier molecular flexibility index (Phi) is 1.29. The van der Waals surface area contributed by atoms with Crippen LogP contribution in [0.3, 0.4) is 0 Å². The lowest BCUT2D eigenvalue weighted by Gasteiger charge is -2.21. The molecule has 0 saturated carbocycles. The van der Waals surface area contributed by atoms with Gasteiger partial charge < -0.3 is 10.4 Å². The highest BCUT2D eigenvalue weighted by Crippen LogP contribution is 2.03. The van der Waals surface area contributed by atoms with Crippen LogP contribution in [0.15, 0.2) is 16.9 Å². The second-order valence-electron chi connectivity index (χ2n) is 2.34. The standard InChI is InChI=1S/C6H10N2O/c1-5-3-8-6(2,9)4-7-5/h3-4,8-9H,1-2H3. The Balaban J connectivity index is 2.70. The van der Waals surface area contributed by atoms with Crippen LogP contribution in [-0.4, -0.2) is 17.0 Å². The Morgan fingerprint density at radius 3 is 2.78 bits per heavy atom. The first kappa shape index (κ1) is 6.29. The zero-order valence-electron chi connectivity index (χ0n) is 5.55. The van der Waals surface area contributed by atoms with Gasteiger partial charge in [-0.2, -0.15) is 0 Å². The van der Waals surface area contributed by atoms with E-state index in [1.165, 1.54) is 6.21 Å². The van der Waals surface area contributed by atoms with Crippen molar-refractivity contribution in [1.82, 2.24) is 5.32 Å². The quantitative estimate of drug-likeness (QED) is 0.488. The van der Waals surface area contributed by atoms with Crippen LogP contribution in [-0.2, 0) is 0 Å². The zero-order valence-corrected chi connectivity index (χ0v) is 5.55. The normalized spacial score (nSPS) is 33.4. The summed E-state index contributed by atoms with van der Waals surface area (Å²) in [5, 5.41) is 11.9. The van der Waals surface area contributed by atoms with E-state index < -0.39 is 5.72 Å². The molecule has 0 saturated heterocycles. The minimum absolute atomic E-state index is 0.876. The van der Waals surface area contributed by atoms with E-state index in [0.717, 1.165) is 5.70 Å². The van der Waals surface area contributed by atoms with E-state index in [0.29, 0.717) is 0 Å². The topological polar surface area (TPSA) is 44.6 Å². The molecule has 1 heterocycles. The predicted octanol–water partition coefficient (Wildman–Crippen LogP) is 0.230. The first-order chi connectivity index (χ1) is 4.10. The SMILES string of the molecule is CC1=CNC(C)(O)C=N1. The largest absolute Gasteiger partial charge is 0.366 e. The Morgan fingerprint density at radius 2 is 2.44 bits per heavy atom. The second-order valence-corrected chi connectivity index (χ2v) is 2.34. The van der Waals surface area contributed by atoms with Gasteiger partial charge >= 0.3 is 0 Å². The fraction of sp³-hybridized carbons (Fsp3) is 0.500. The molecule has 0 aromatic carbocycles. The van der Waals surface area contributed by atoms with Crippen molar-refractivity contribution in [3.05, 3.63) is 11.9 Å². The summed E-state index contributed by atoms with van der Waals surface area (Å²) in [5.74, 6) is 0. The molecule has 0 spiro atoms. The molecule has 1 rings (SSSR count). The van der Waals surface area contributed by atoms with Gasteiger partial charge in [0.25, 0.3) is 0 Å². The summed E-state index contributed by atoms with van der Waals surface area (Å²) in [5.41, 5.74) is -0.0824. The molecule has 1 atom stereocenters. The molecule has 0 amide bonds. The Bertz CT molecular complexity index is 170. The fourth-order valence-electron chi connectivity index (χ4n) is 0.553. The lowest BCUT2D eigenvalue weighted by molar-refractivity contribution is 0.114. The Hall–Kier alpha value is -0.830. The average molecular weight is 126 g/mol. The molecule has 50 valence electrons. The number of hydrogen-bond donors (Lipinski definition) is 2. The summed E-state index contributed by atoms with van der Waals surface area (Å²) in [4.78, 5) is 3.91. The summed E-state index contributed by atoms with van der Waals surface area (Å²) >= 11 is 0. The van der Waals surface area contributed by atoms with E-state index in [4.69, 9.17) is 0 Å². The molecule has 9 heavy (non-hydrogen) atoms. The maximum Gasteiger partial charge on any atom is 0.168 e. The number of rotatable bonds is 0. The average Bonchev–Trinajstić information content (AvgIpc) is 1.78. The van der Waals surface area contributed by atoms with Gasteiger partial charge in [-0.15, -0.1) is 0 Å². The maximum absolute atomic E-state index is 9.19. The lowest BCUT2D eigenvalue weighted by Crippen LogP contribution is -2.42. The van der Waals surface area contributed by atoms with Crippen LogP contribution in [0, 0.1) is 0 Å². The van der Waals surface area contributed by atoms with Crippen molar-refractivity contribution in [2.45, 2.75) is 19.6 Å². The van der Waals surface area contributed by atoms with Crippen LogP contribution in [0.1, 0.15) is 13.8 Å². The number of nitrogens with one attached hydrogen (secondary N) is 1. The fourth-order valence-corrected chi connectivity index (χ4v) is 0.553. The molecule has 1 aliphatic heterocycles. The van der Waals surface area contributed by atoms with Crippen molar-refractivity contribution in [1.29, 1.82) is 0 Å². The van der Waals surface area contributed by atoms with Crippen LogP contribution in [0.2, 0.25) is 0 Å². The Morgan fingerprint density at radius 1 is 1.78 bits per heavy atom. The van der Waals surface area contributed by atoms with Crippen molar-refractivity contribution < 1.29 is 5.11 Å². The van der Waals surface area contributed by atoms with Gasteiger partial charge in [-0.1, -0.05) is 0 Å². The Labute approximate surface area is 54.1 Å². The van der Waals surface area contributed by atoms with Gasteiger partial charge in [0, 0.05) is 6.20 Å². The molecule has 2 N–H and O–H groups in total. The first-order valence-electron chi connectivity index (χ1n) is 2.82. The van der Waals surface area contributed by atoms with Crippen LogP contribution in [0.25, 0.3) is 0 Å². The smallest absolute Gasteiger partial charge is 0.168 e. The van der Waals surface area contributed by atoms with Crippen LogP contribution < -0.4 is 5.32 Å². The van der Waals surface area contributed by atoms with Gasteiger partial charge in [0.05, 0.1) is 11.9 Å². The maximum atomic E-state index is 9.19. The van der Waals surface area contributed by atoms with Crippen LogP contribution in [0.5, 0.6) is 0 Å². The van der Waals surface area contributed by atoms with Crippen molar-refractivity contribution in [3.8, 4) is 0 Å². The summed E-state index contributed by atoms with van der Waals surface area (Å²) in [6.07, 6.45) is 3.16. The molecule has 0 aromatic rings. The molecular weight excluding hydrogens is 116 g/mol. The molecule has 1 unspecified atom stereocenters. The minimum Gasteiger partial charge on any atom is -0.366 e. The number of aliphatic imine (C=N–C) groups is 1. The number of hydrogen-bond acceptors (Lipinski definition) is 3. The predicted molar refractivity (Wildman–Crippen MR) is 36.0 cm³/mol. The minimum atomic E-state index is -0.959. The molecule has 3 nitrogen and oxygen atoms in total. The zero-order chi connectivity index (χ0) is 6.91. The third-order valence-electron chi connectivity index (χ3n) is 1.09. The van der Waals surface area contributed by atoms with E-state index in [-0.39, 0.29) is 0 Å². The van der Waals surface area contributed by atoms with Crippen molar-refractivity contribution in [2.24, 2.45) is 4.99 Å². The highest BCUT2D eigenvalue weighted by atomic mass is 16.3. The van der Waals surface area contributed by atoms with E-state index in [2.05, 4.69) is 10.3 Å². The van der Waals surface area contributed by atoms with E-state index >= 15 is 0 Å². The van der Waals surface area contributed by atoms with Gasteiger partial charge in [-0.3, -0.25) is 4.99 Å². The van der Waals surface area contributed by atoms with E-state index in [9.17, 15) is 5.11 Å². The number of aliphatic hydroxyl groups is 1. The van der Waals surface area contributed by atoms with Crippen LogP contribution >= 0.6 is 0 Å². The summed E-state index contributed by atoms with van der Waals surface area (Å²) in [7, 11) is 0. The van der Waals surface area contributed by atoms with E-state index in [1.54, 1.807) is 13.1 Å². The molecule has 0 radical (unpaired) electrons. The van der Waals surface area contributed by atoms with Gasteiger partial charge in [0.1, 0.15) is 0 Å². The monoisotopic (exact) mass is 126 g/mol. The highest BCUT2D eigenvalue weighted by molar-refractivity contribution is 5.69. The van der Waals surface area contributed by atoms with Gasteiger partial charge in [0.15, 0.2) is 5.72 Å². The number of nitrogens with zero attached hydrogens (tertiary/aromatic N) is 1. The molecule has 0 bridgehead atoms. The molecule has 3 heteroatoms. The third-order valence-corrected chi connectivity index (χ3v) is 1.09. The molecular formula is C6H10N2O. The van der Waals surface area contributed by atoms with Crippen LogP contribution in [0.4, 0.5) is 0 Å². The molecule has 0 fully saturated rings. The van der Waals surface area contributed by atoms with Crippen molar-refractivity contribution in [3.63, 3.8) is 0 Å². The van der Waals surface area contributed by atoms with Gasteiger partial charge in [0.2, 0.25) is 0 Å². The van der Waals surface area contributed by atoms with E-state index in [1.807, 2.05) is 6.92 Å². The summed E-state index contributed by atoms with van der Waals surface area (Å²) < 4.78 is 0. The molecule has 0 aromatic heterocycles. The van der Waals surface area contributed by atoms with Crippen molar-refractivity contribution in [2.75, 3.05) is 0 Å². The van der Waals surface area contributed by atoms with Gasteiger partial charge in [-0.25, -0.2) is 0 Å². The lowest BCUT2D eigenvalue weighted by atomic mass is 10.2. The molecule has 0 aliphatic carbocycles.